The molecule has 0 saturated carbocycles. The van der Waals surface area contributed by atoms with Crippen molar-refractivity contribution in [2.75, 3.05) is 13.1 Å². The molecule has 1 heterocycles. The van der Waals surface area contributed by atoms with Crippen molar-refractivity contribution in [2.45, 2.75) is 39.3 Å². The lowest BCUT2D eigenvalue weighted by Gasteiger charge is -2.16. The molecule has 0 aliphatic heterocycles. The number of furan rings is 1. The lowest BCUT2D eigenvalue weighted by molar-refractivity contribution is 0.0905. The average molecular weight is 330 g/mol. The molecule has 1 aromatic heterocycles. The Morgan fingerprint density at radius 2 is 2.08 bits per heavy atom. The number of hydrogen-bond donors (Lipinski definition) is 1. The lowest BCUT2D eigenvalue weighted by Crippen LogP contribution is -2.26. The van der Waals surface area contributed by atoms with Crippen LogP contribution in [0.25, 0.3) is 0 Å². The highest BCUT2D eigenvalue weighted by Crippen LogP contribution is 2.31. The molecule has 4 nitrogen and oxygen atoms in total. The van der Waals surface area contributed by atoms with Gasteiger partial charge in [-0.15, -0.1) is 0 Å². The average Bonchev–Trinajstić information content (AvgIpc) is 3.19. The van der Waals surface area contributed by atoms with E-state index in [1.54, 1.807) is 18.2 Å². The molecular weight excluding hydrogens is 307 g/mol. The minimum absolute atomic E-state index is 0.0792. The number of hydrogen-bond acceptors (Lipinski definition) is 3. The Kier molecular flexibility index (Phi) is 5.00. The summed E-state index contributed by atoms with van der Waals surface area (Å²) in [7, 11) is 0. The summed E-state index contributed by atoms with van der Waals surface area (Å²) in [5, 5.41) is 3.00. The van der Waals surface area contributed by atoms with Crippen molar-refractivity contribution in [1.82, 2.24) is 10.2 Å². The zero-order valence-corrected chi connectivity index (χ0v) is 14.1. The van der Waals surface area contributed by atoms with Crippen molar-refractivity contribution < 1.29 is 13.6 Å². The molecular formula is C19H23FN2O2. The summed E-state index contributed by atoms with van der Waals surface area (Å²) >= 11 is 0. The number of aryl methyl sites for hydroxylation is 1. The van der Waals surface area contributed by atoms with Crippen LogP contribution in [0.4, 0.5) is 4.39 Å². The smallest absolute Gasteiger partial charge is 0.287 e. The van der Waals surface area contributed by atoms with Crippen molar-refractivity contribution in [2.24, 2.45) is 0 Å². The molecule has 128 valence electrons. The molecule has 1 atom stereocenters. The highest BCUT2D eigenvalue weighted by atomic mass is 19.1. The van der Waals surface area contributed by atoms with Crippen molar-refractivity contribution >= 4 is 5.91 Å². The van der Waals surface area contributed by atoms with Gasteiger partial charge in [-0.3, -0.25) is 9.69 Å². The van der Waals surface area contributed by atoms with Crippen LogP contribution in [0.15, 0.2) is 34.7 Å². The summed E-state index contributed by atoms with van der Waals surface area (Å²) in [5.41, 5.74) is 1.97. The number of nitrogens with zero attached hydrogens (tertiary/aromatic N) is 1. The number of carbonyl (C=O) groups is 1. The Labute approximate surface area is 141 Å². The van der Waals surface area contributed by atoms with Crippen LogP contribution < -0.4 is 5.32 Å². The van der Waals surface area contributed by atoms with Crippen LogP contribution in [0.3, 0.4) is 0 Å². The number of nitrogens with one attached hydrogen (secondary N) is 1. The number of fused-ring (bicyclic) bond motifs is 1. The normalized spacial score (nSPS) is 16.4. The summed E-state index contributed by atoms with van der Waals surface area (Å²) < 4.78 is 19.0. The van der Waals surface area contributed by atoms with E-state index in [-0.39, 0.29) is 17.8 Å². The predicted molar refractivity (Wildman–Crippen MR) is 90.3 cm³/mol. The molecule has 1 aliphatic carbocycles. The van der Waals surface area contributed by atoms with Crippen molar-refractivity contribution in [3.05, 3.63) is 58.8 Å². The van der Waals surface area contributed by atoms with Gasteiger partial charge in [-0.1, -0.05) is 19.9 Å². The Hall–Kier alpha value is -2.14. The van der Waals surface area contributed by atoms with Gasteiger partial charge in [0.2, 0.25) is 0 Å². The lowest BCUT2D eigenvalue weighted by atomic mass is 10.1. The van der Waals surface area contributed by atoms with E-state index in [4.69, 9.17) is 4.42 Å². The van der Waals surface area contributed by atoms with Gasteiger partial charge in [0.15, 0.2) is 5.76 Å². The van der Waals surface area contributed by atoms with E-state index in [1.165, 1.54) is 6.07 Å². The van der Waals surface area contributed by atoms with Gasteiger partial charge in [0, 0.05) is 0 Å². The third-order valence-corrected chi connectivity index (χ3v) is 4.65. The second kappa shape index (κ2) is 7.18. The minimum Gasteiger partial charge on any atom is -0.455 e. The highest BCUT2D eigenvalue weighted by Gasteiger charge is 2.25. The first-order valence-corrected chi connectivity index (χ1v) is 8.51. The molecule has 1 aromatic carbocycles. The zero-order chi connectivity index (χ0) is 17.1. The zero-order valence-electron chi connectivity index (χ0n) is 14.1. The quantitative estimate of drug-likeness (QED) is 0.879. The SMILES string of the molecule is CCN(CC)Cc1ccc(C(=O)N[C@@H]2CCc3cc(F)ccc32)o1. The first kappa shape index (κ1) is 16.7. The Balaban J connectivity index is 1.65. The van der Waals surface area contributed by atoms with Crippen LogP contribution in [-0.4, -0.2) is 23.9 Å². The molecule has 0 radical (unpaired) electrons. The Bertz CT molecular complexity index is 722. The molecule has 0 spiro atoms. The second-order valence-electron chi connectivity index (χ2n) is 6.14. The van der Waals surface area contributed by atoms with Gasteiger partial charge in [-0.25, -0.2) is 4.39 Å². The largest absolute Gasteiger partial charge is 0.455 e. The van der Waals surface area contributed by atoms with Crippen LogP contribution in [0, 0.1) is 5.82 Å². The summed E-state index contributed by atoms with van der Waals surface area (Å²) in [6.45, 7) is 6.77. The molecule has 0 bridgehead atoms. The molecule has 1 N–H and O–H groups in total. The minimum atomic E-state index is -0.229. The summed E-state index contributed by atoms with van der Waals surface area (Å²) in [6, 6.07) is 8.25. The van der Waals surface area contributed by atoms with Gasteiger partial charge in [0.05, 0.1) is 12.6 Å². The Morgan fingerprint density at radius 3 is 2.83 bits per heavy atom. The molecule has 0 unspecified atom stereocenters. The second-order valence-corrected chi connectivity index (χ2v) is 6.14. The van der Waals surface area contributed by atoms with Gasteiger partial charge in [-0.05, 0) is 61.3 Å². The van der Waals surface area contributed by atoms with Crippen LogP contribution in [0.2, 0.25) is 0 Å². The monoisotopic (exact) mass is 330 g/mol. The Morgan fingerprint density at radius 1 is 1.29 bits per heavy atom. The van der Waals surface area contributed by atoms with E-state index in [0.29, 0.717) is 12.3 Å². The number of carbonyl (C=O) groups excluding carboxylic acids is 1. The fourth-order valence-electron chi connectivity index (χ4n) is 3.22. The number of halogens is 1. The van der Waals surface area contributed by atoms with Gasteiger partial charge < -0.3 is 9.73 Å². The molecule has 5 heteroatoms. The molecule has 1 aliphatic rings. The number of rotatable bonds is 6. The highest BCUT2D eigenvalue weighted by molar-refractivity contribution is 5.91. The summed E-state index contributed by atoms with van der Waals surface area (Å²) in [5.74, 6) is 0.668. The van der Waals surface area contributed by atoms with Gasteiger partial charge in [0.1, 0.15) is 11.6 Å². The fraction of sp³-hybridized carbons (Fsp3) is 0.421. The summed E-state index contributed by atoms with van der Waals surface area (Å²) in [6.07, 6.45) is 1.57. The topological polar surface area (TPSA) is 45.5 Å². The standard InChI is InChI=1S/C19H23FN2O2/c1-3-22(4-2)12-15-7-10-18(24-15)19(23)21-17-9-5-13-11-14(20)6-8-16(13)17/h6-8,10-11,17H,3-5,9,12H2,1-2H3,(H,21,23)/t17-/m1/s1. The third kappa shape index (κ3) is 3.51. The third-order valence-electron chi connectivity index (χ3n) is 4.65. The van der Waals surface area contributed by atoms with Crippen molar-refractivity contribution in [1.29, 1.82) is 0 Å². The van der Waals surface area contributed by atoms with E-state index in [2.05, 4.69) is 24.1 Å². The first-order chi connectivity index (χ1) is 11.6. The molecule has 1 amide bonds. The molecule has 3 rings (SSSR count). The van der Waals surface area contributed by atoms with Gasteiger partial charge in [0.25, 0.3) is 5.91 Å². The fourth-order valence-corrected chi connectivity index (χ4v) is 3.22. The summed E-state index contributed by atoms with van der Waals surface area (Å²) in [4.78, 5) is 14.6. The van der Waals surface area contributed by atoms with Crippen LogP contribution in [0.5, 0.6) is 0 Å². The predicted octanol–water partition coefficient (Wildman–Crippen LogP) is 3.68. The maximum absolute atomic E-state index is 13.3. The van der Waals surface area contributed by atoms with E-state index in [9.17, 15) is 9.18 Å². The van der Waals surface area contributed by atoms with Crippen molar-refractivity contribution in [3.8, 4) is 0 Å². The van der Waals surface area contributed by atoms with E-state index < -0.39 is 0 Å². The van der Waals surface area contributed by atoms with Gasteiger partial charge in [-0.2, -0.15) is 0 Å². The molecule has 24 heavy (non-hydrogen) atoms. The van der Waals surface area contributed by atoms with E-state index in [0.717, 1.165) is 42.8 Å². The first-order valence-electron chi connectivity index (χ1n) is 8.51. The molecule has 0 fully saturated rings. The number of benzene rings is 1. The molecule has 0 saturated heterocycles. The molecule has 2 aromatic rings. The maximum Gasteiger partial charge on any atom is 0.287 e. The maximum atomic E-state index is 13.3. The van der Waals surface area contributed by atoms with Crippen LogP contribution in [0.1, 0.15) is 53.8 Å². The van der Waals surface area contributed by atoms with Crippen LogP contribution in [-0.2, 0) is 13.0 Å². The van der Waals surface area contributed by atoms with E-state index in [1.807, 2.05) is 6.07 Å². The van der Waals surface area contributed by atoms with E-state index >= 15 is 0 Å². The van der Waals surface area contributed by atoms with Crippen molar-refractivity contribution in [3.63, 3.8) is 0 Å². The van der Waals surface area contributed by atoms with Crippen LogP contribution >= 0.6 is 0 Å². The number of amides is 1. The van der Waals surface area contributed by atoms with Gasteiger partial charge >= 0.3 is 0 Å².